The van der Waals surface area contributed by atoms with Crippen LogP contribution in [0, 0.1) is 0 Å². The topological polar surface area (TPSA) is 111 Å². The predicted molar refractivity (Wildman–Crippen MR) is 145 cm³/mol. The number of anilines is 2. The van der Waals surface area contributed by atoms with Crippen LogP contribution in [0.1, 0.15) is 29.5 Å². The molecule has 3 N–H and O–H groups in total. The van der Waals surface area contributed by atoms with Crippen LogP contribution in [0.15, 0.2) is 71.7 Å². The molecule has 1 aliphatic rings. The Morgan fingerprint density at radius 3 is 2.54 bits per heavy atom. The van der Waals surface area contributed by atoms with E-state index in [0.717, 1.165) is 11.3 Å². The van der Waals surface area contributed by atoms with Gasteiger partial charge in [-0.3, -0.25) is 19.4 Å². The van der Waals surface area contributed by atoms with Gasteiger partial charge in [-0.1, -0.05) is 35.9 Å². The number of hydrogen-bond donors (Lipinski definition) is 3. The van der Waals surface area contributed by atoms with Gasteiger partial charge in [0.25, 0.3) is 0 Å². The highest BCUT2D eigenvalue weighted by Crippen LogP contribution is 2.38. The third-order valence-electron chi connectivity index (χ3n) is 6.07. The molecule has 4 rings (SSSR count). The number of halogens is 1. The van der Waals surface area contributed by atoms with Crippen molar-refractivity contribution in [2.24, 2.45) is 4.99 Å². The van der Waals surface area contributed by atoms with Gasteiger partial charge in [0.1, 0.15) is 5.92 Å². The van der Waals surface area contributed by atoms with Gasteiger partial charge in [-0.05, 0) is 66.2 Å². The van der Waals surface area contributed by atoms with Crippen molar-refractivity contribution in [2.75, 3.05) is 30.4 Å². The Balaban J connectivity index is 1.78. The molecule has 0 fully saturated rings. The van der Waals surface area contributed by atoms with Gasteiger partial charge in [-0.15, -0.1) is 0 Å². The second-order valence-electron chi connectivity index (χ2n) is 8.71. The highest BCUT2D eigenvalue weighted by atomic mass is 35.5. The molecule has 9 heteroatoms. The molecule has 2 amide bonds. The van der Waals surface area contributed by atoms with Crippen LogP contribution in [0.5, 0.6) is 0 Å². The number of carboxylic acid groups (broad SMARTS) is 1. The number of nitrogens with zero attached hydrogens (tertiary/aromatic N) is 2. The number of hydrogen-bond acceptors (Lipinski definition) is 5. The van der Waals surface area contributed by atoms with Crippen LogP contribution >= 0.6 is 11.6 Å². The molecule has 1 aliphatic heterocycles. The van der Waals surface area contributed by atoms with Crippen LogP contribution in [0.3, 0.4) is 0 Å². The maximum atomic E-state index is 13.1. The first-order chi connectivity index (χ1) is 17.8. The van der Waals surface area contributed by atoms with Crippen molar-refractivity contribution in [3.05, 3.63) is 88.4 Å². The standard InChI is InChI=1S/C28H27ClN4O4/c1-17(34)33(13-12-30-2)22-9-7-21(8-10-22)31-27(19-5-3-4-18(14-19)15-25(35)36)26-23-11-6-20(29)16-24(23)32-28(26)37/h3-11,14,16,26,30H,12-13,15H2,1-2H3,(H,32,37)(H,35,36). The molecule has 0 aromatic heterocycles. The number of amides is 2. The Morgan fingerprint density at radius 2 is 1.86 bits per heavy atom. The zero-order valence-electron chi connectivity index (χ0n) is 20.5. The van der Waals surface area contributed by atoms with Crippen LogP contribution < -0.4 is 15.5 Å². The van der Waals surface area contributed by atoms with E-state index in [-0.39, 0.29) is 18.2 Å². The smallest absolute Gasteiger partial charge is 0.307 e. The van der Waals surface area contributed by atoms with E-state index in [0.29, 0.717) is 46.3 Å². The van der Waals surface area contributed by atoms with Crippen molar-refractivity contribution in [2.45, 2.75) is 19.3 Å². The fourth-order valence-corrected chi connectivity index (χ4v) is 4.53. The minimum absolute atomic E-state index is 0.0691. The highest BCUT2D eigenvalue weighted by molar-refractivity contribution is 6.31. The van der Waals surface area contributed by atoms with E-state index in [1.54, 1.807) is 53.4 Å². The van der Waals surface area contributed by atoms with Crippen molar-refractivity contribution in [1.82, 2.24) is 5.32 Å². The normalized spacial score (nSPS) is 14.7. The number of benzene rings is 3. The van der Waals surface area contributed by atoms with Gasteiger partial charge in [0.15, 0.2) is 0 Å². The molecular weight excluding hydrogens is 492 g/mol. The third kappa shape index (κ3) is 6.04. The third-order valence-corrected chi connectivity index (χ3v) is 6.31. The van der Waals surface area contributed by atoms with Crippen LogP contribution in [0.2, 0.25) is 5.02 Å². The quantitative estimate of drug-likeness (QED) is 0.364. The lowest BCUT2D eigenvalue weighted by Crippen LogP contribution is -2.34. The molecule has 0 saturated carbocycles. The van der Waals surface area contributed by atoms with Crippen LogP contribution in [0.4, 0.5) is 17.1 Å². The highest BCUT2D eigenvalue weighted by Gasteiger charge is 2.35. The first-order valence-corrected chi connectivity index (χ1v) is 12.2. The molecule has 190 valence electrons. The molecule has 0 saturated heterocycles. The average molecular weight is 519 g/mol. The van der Waals surface area contributed by atoms with Crippen LogP contribution in [-0.4, -0.2) is 48.7 Å². The van der Waals surface area contributed by atoms with Crippen LogP contribution in [-0.2, 0) is 20.8 Å². The summed E-state index contributed by atoms with van der Waals surface area (Å²) in [5.74, 6) is -1.97. The average Bonchev–Trinajstić information content (AvgIpc) is 3.17. The molecule has 0 radical (unpaired) electrons. The molecule has 8 nitrogen and oxygen atoms in total. The summed E-state index contributed by atoms with van der Waals surface area (Å²) in [5, 5.41) is 15.7. The minimum Gasteiger partial charge on any atom is -0.481 e. The van der Waals surface area contributed by atoms with E-state index >= 15 is 0 Å². The minimum atomic E-state index is -0.946. The van der Waals surface area contributed by atoms with Crippen molar-refractivity contribution >= 4 is 52.2 Å². The van der Waals surface area contributed by atoms with E-state index < -0.39 is 11.9 Å². The van der Waals surface area contributed by atoms with Gasteiger partial charge in [0, 0.05) is 36.4 Å². The van der Waals surface area contributed by atoms with Crippen LogP contribution in [0.25, 0.3) is 0 Å². The van der Waals surface area contributed by atoms with E-state index in [9.17, 15) is 19.5 Å². The maximum Gasteiger partial charge on any atom is 0.307 e. The summed E-state index contributed by atoms with van der Waals surface area (Å²) >= 11 is 6.14. The zero-order valence-corrected chi connectivity index (χ0v) is 21.2. The molecule has 0 bridgehead atoms. The van der Waals surface area contributed by atoms with Crippen molar-refractivity contribution < 1.29 is 19.5 Å². The number of rotatable bonds is 9. The van der Waals surface area contributed by atoms with Crippen molar-refractivity contribution in [3.63, 3.8) is 0 Å². The summed E-state index contributed by atoms with van der Waals surface area (Å²) in [4.78, 5) is 43.1. The summed E-state index contributed by atoms with van der Waals surface area (Å²) < 4.78 is 0. The summed E-state index contributed by atoms with van der Waals surface area (Å²) in [6.45, 7) is 2.69. The van der Waals surface area contributed by atoms with E-state index in [4.69, 9.17) is 16.6 Å². The molecule has 3 aromatic carbocycles. The summed E-state index contributed by atoms with van der Waals surface area (Å²) in [5.41, 5.74) is 4.42. The number of carbonyl (C=O) groups is 3. The SMILES string of the molecule is CNCCN(C(C)=O)c1ccc(N=C(c2cccc(CC(=O)O)c2)C2C(=O)Nc3cc(Cl)ccc32)cc1. The maximum absolute atomic E-state index is 13.1. The number of carboxylic acids is 1. The molecule has 0 spiro atoms. The Hall–Kier alpha value is -4.01. The summed E-state index contributed by atoms with van der Waals surface area (Å²) in [6.07, 6.45) is -0.146. The number of likely N-dealkylation sites (N-methyl/N-ethyl adjacent to an activating group) is 1. The first-order valence-electron chi connectivity index (χ1n) is 11.8. The predicted octanol–water partition coefficient (Wildman–Crippen LogP) is 4.40. The van der Waals surface area contributed by atoms with E-state index in [2.05, 4.69) is 10.6 Å². The Kier molecular flexibility index (Phi) is 8.01. The summed E-state index contributed by atoms with van der Waals surface area (Å²) in [6, 6.07) is 19.5. The van der Waals surface area contributed by atoms with Gasteiger partial charge in [0.05, 0.1) is 17.8 Å². The van der Waals surface area contributed by atoms with Gasteiger partial charge < -0.3 is 20.6 Å². The molecule has 1 unspecified atom stereocenters. The Labute approximate surface area is 220 Å². The van der Waals surface area contributed by atoms with Gasteiger partial charge in [0.2, 0.25) is 11.8 Å². The van der Waals surface area contributed by atoms with Gasteiger partial charge in [-0.25, -0.2) is 0 Å². The number of carbonyl (C=O) groups excluding carboxylic acids is 2. The first kappa shape index (κ1) is 26.1. The number of aliphatic carboxylic acids is 1. The Morgan fingerprint density at radius 1 is 1.11 bits per heavy atom. The molecule has 3 aromatic rings. The number of aliphatic imine (C=N–C) groups is 1. The second-order valence-corrected chi connectivity index (χ2v) is 9.15. The zero-order chi connectivity index (χ0) is 26.5. The lowest BCUT2D eigenvalue weighted by Gasteiger charge is -2.21. The lowest BCUT2D eigenvalue weighted by atomic mass is 9.89. The fourth-order valence-electron chi connectivity index (χ4n) is 4.36. The number of nitrogens with one attached hydrogen (secondary N) is 2. The molecule has 1 atom stereocenters. The van der Waals surface area contributed by atoms with Crippen molar-refractivity contribution in [3.8, 4) is 0 Å². The van der Waals surface area contributed by atoms with E-state index in [1.807, 2.05) is 25.2 Å². The molecule has 0 aliphatic carbocycles. The van der Waals surface area contributed by atoms with Crippen molar-refractivity contribution in [1.29, 1.82) is 0 Å². The van der Waals surface area contributed by atoms with Gasteiger partial charge in [-0.2, -0.15) is 0 Å². The molecular formula is C28H27ClN4O4. The Bertz CT molecular complexity index is 1370. The van der Waals surface area contributed by atoms with Gasteiger partial charge >= 0.3 is 5.97 Å². The monoisotopic (exact) mass is 518 g/mol. The van der Waals surface area contributed by atoms with E-state index in [1.165, 1.54) is 6.92 Å². The molecule has 37 heavy (non-hydrogen) atoms. The largest absolute Gasteiger partial charge is 0.481 e. The number of fused-ring (bicyclic) bond motifs is 1. The lowest BCUT2D eigenvalue weighted by molar-refractivity contribution is -0.136. The fraction of sp³-hybridized carbons (Fsp3) is 0.214. The molecule has 1 heterocycles. The summed E-state index contributed by atoms with van der Waals surface area (Å²) in [7, 11) is 1.83. The second kappa shape index (κ2) is 11.4.